The molecule has 0 aliphatic heterocycles. The second-order valence-corrected chi connectivity index (χ2v) is 7.90. The number of hydrogen-bond donors (Lipinski definition) is 3. The molecule has 1 rings (SSSR count). The van der Waals surface area contributed by atoms with Gasteiger partial charge in [0.15, 0.2) is 0 Å². The summed E-state index contributed by atoms with van der Waals surface area (Å²) in [7, 11) is 0. The van der Waals surface area contributed by atoms with Gasteiger partial charge in [-0.25, -0.2) is 0 Å². The summed E-state index contributed by atoms with van der Waals surface area (Å²) >= 11 is 0. The Hall–Kier alpha value is -1.88. The van der Waals surface area contributed by atoms with Crippen molar-refractivity contribution in [1.82, 2.24) is 10.6 Å². The van der Waals surface area contributed by atoms with Crippen LogP contribution in [-0.2, 0) is 10.2 Å². The number of amides is 2. The van der Waals surface area contributed by atoms with Crippen LogP contribution in [0.5, 0.6) is 0 Å². The highest BCUT2D eigenvalue weighted by Gasteiger charge is 2.27. The lowest BCUT2D eigenvalue weighted by Gasteiger charge is -2.30. The standard InChI is InChI=1S/C20H32N2O3/c1-7-20(6,12-13-23)22-17(24)14(2)21-18(25)15-8-10-16(11-9-15)19(3,4)5/h8-11,14,23H,7,12-13H2,1-6H3,(H,21,25)(H,22,24). The molecule has 2 amide bonds. The molecule has 1 aromatic rings. The van der Waals surface area contributed by atoms with Gasteiger partial charge in [0.05, 0.1) is 0 Å². The molecule has 2 atom stereocenters. The molecular weight excluding hydrogens is 316 g/mol. The first kappa shape index (κ1) is 21.2. The Bertz CT molecular complexity index is 590. The highest BCUT2D eigenvalue weighted by molar-refractivity contribution is 5.97. The van der Waals surface area contributed by atoms with Crippen LogP contribution in [-0.4, -0.2) is 35.1 Å². The van der Waals surface area contributed by atoms with Crippen LogP contribution in [0.15, 0.2) is 24.3 Å². The molecule has 0 saturated heterocycles. The van der Waals surface area contributed by atoms with Gasteiger partial charge in [0.1, 0.15) is 6.04 Å². The topological polar surface area (TPSA) is 78.4 Å². The zero-order valence-electron chi connectivity index (χ0n) is 16.3. The van der Waals surface area contributed by atoms with Gasteiger partial charge in [0.25, 0.3) is 5.91 Å². The zero-order valence-corrected chi connectivity index (χ0v) is 16.3. The summed E-state index contributed by atoms with van der Waals surface area (Å²) in [5, 5.41) is 14.8. The first-order valence-electron chi connectivity index (χ1n) is 8.86. The molecule has 0 saturated carbocycles. The summed E-state index contributed by atoms with van der Waals surface area (Å²) in [5.41, 5.74) is 1.23. The van der Waals surface area contributed by atoms with Gasteiger partial charge in [-0.05, 0) is 49.8 Å². The largest absolute Gasteiger partial charge is 0.396 e. The van der Waals surface area contributed by atoms with E-state index in [1.807, 2.05) is 26.0 Å². The number of nitrogens with one attached hydrogen (secondary N) is 2. The number of hydrogen-bond acceptors (Lipinski definition) is 3. The quantitative estimate of drug-likeness (QED) is 0.709. The van der Waals surface area contributed by atoms with Gasteiger partial charge in [0.2, 0.25) is 5.91 Å². The number of aliphatic hydroxyl groups is 1. The van der Waals surface area contributed by atoms with Crippen LogP contribution in [0.1, 0.15) is 70.3 Å². The van der Waals surface area contributed by atoms with Crippen LogP contribution in [0, 0.1) is 0 Å². The number of rotatable bonds is 7. The first-order chi connectivity index (χ1) is 11.5. The lowest BCUT2D eigenvalue weighted by molar-refractivity contribution is -0.124. The van der Waals surface area contributed by atoms with Gasteiger partial charge < -0.3 is 15.7 Å². The molecule has 0 aromatic heterocycles. The Balaban J connectivity index is 2.71. The Morgan fingerprint density at radius 3 is 2.12 bits per heavy atom. The summed E-state index contributed by atoms with van der Waals surface area (Å²) in [6.07, 6.45) is 1.18. The van der Waals surface area contributed by atoms with Gasteiger partial charge in [0, 0.05) is 17.7 Å². The maximum Gasteiger partial charge on any atom is 0.251 e. The molecule has 25 heavy (non-hydrogen) atoms. The van der Waals surface area contributed by atoms with Crippen LogP contribution in [0.25, 0.3) is 0 Å². The maximum absolute atomic E-state index is 12.4. The second-order valence-electron chi connectivity index (χ2n) is 7.90. The third-order valence-corrected chi connectivity index (χ3v) is 4.62. The van der Waals surface area contributed by atoms with Gasteiger partial charge in [-0.3, -0.25) is 9.59 Å². The molecule has 5 nitrogen and oxygen atoms in total. The lowest BCUT2D eigenvalue weighted by Crippen LogP contribution is -2.53. The number of carbonyl (C=O) groups is 2. The van der Waals surface area contributed by atoms with Crippen LogP contribution in [0.4, 0.5) is 0 Å². The first-order valence-corrected chi connectivity index (χ1v) is 8.86. The van der Waals surface area contributed by atoms with E-state index in [-0.39, 0.29) is 23.8 Å². The molecule has 0 radical (unpaired) electrons. The molecular formula is C20H32N2O3. The van der Waals surface area contributed by atoms with Crippen molar-refractivity contribution < 1.29 is 14.7 Å². The van der Waals surface area contributed by atoms with Crippen molar-refractivity contribution in [2.24, 2.45) is 0 Å². The molecule has 0 aliphatic carbocycles. The van der Waals surface area contributed by atoms with Gasteiger partial charge in [-0.2, -0.15) is 0 Å². The SMILES string of the molecule is CCC(C)(CCO)NC(=O)C(C)NC(=O)c1ccc(C(C)(C)C)cc1. The number of carbonyl (C=O) groups excluding carboxylic acids is 2. The van der Waals surface area contributed by atoms with E-state index in [1.165, 1.54) is 0 Å². The summed E-state index contributed by atoms with van der Waals surface area (Å²) in [5.74, 6) is -0.527. The minimum absolute atomic E-state index is 0.00544. The number of aliphatic hydroxyl groups excluding tert-OH is 1. The minimum Gasteiger partial charge on any atom is -0.396 e. The van der Waals surface area contributed by atoms with E-state index in [4.69, 9.17) is 5.11 Å². The molecule has 140 valence electrons. The predicted octanol–water partition coefficient (Wildman–Crippen LogP) is 2.77. The van der Waals surface area contributed by atoms with Crippen LogP contribution in [0.3, 0.4) is 0 Å². The smallest absolute Gasteiger partial charge is 0.251 e. The molecule has 5 heteroatoms. The summed E-state index contributed by atoms with van der Waals surface area (Å²) in [6.45, 7) is 11.9. The Labute approximate surface area is 151 Å². The molecule has 0 aliphatic rings. The average molecular weight is 348 g/mol. The molecule has 0 fully saturated rings. The fraction of sp³-hybridized carbons (Fsp3) is 0.600. The van der Waals surface area contributed by atoms with Crippen molar-refractivity contribution in [2.45, 2.75) is 71.4 Å². The van der Waals surface area contributed by atoms with Crippen molar-refractivity contribution >= 4 is 11.8 Å². The molecule has 0 bridgehead atoms. The summed E-state index contributed by atoms with van der Waals surface area (Å²) in [6, 6.07) is 6.79. The van der Waals surface area contributed by atoms with E-state index in [1.54, 1.807) is 19.1 Å². The molecule has 0 heterocycles. The predicted molar refractivity (Wildman–Crippen MR) is 101 cm³/mol. The van der Waals surface area contributed by atoms with E-state index in [9.17, 15) is 9.59 Å². The molecule has 3 N–H and O–H groups in total. The average Bonchev–Trinajstić information content (AvgIpc) is 2.54. The van der Waals surface area contributed by atoms with Crippen molar-refractivity contribution in [3.63, 3.8) is 0 Å². The van der Waals surface area contributed by atoms with E-state index >= 15 is 0 Å². The second kappa shape index (κ2) is 8.48. The van der Waals surface area contributed by atoms with E-state index in [2.05, 4.69) is 31.4 Å². The van der Waals surface area contributed by atoms with E-state index < -0.39 is 11.6 Å². The normalized spacial score (nSPS) is 15.2. The van der Waals surface area contributed by atoms with Gasteiger partial charge >= 0.3 is 0 Å². The van der Waals surface area contributed by atoms with Gasteiger partial charge in [-0.15, -0.1) is 0 Å². The summed E-state index contributed by atoms with van der Waals surface area (Å²) < 4.78 is 0. The zero-order chi connectivity index (χ0) is 19.3. The van der Waals surface area contributed by atoms with Crippen molar-refractivity contribution in [3.05, 3.63) is 35.4 Å². The van der Waals surface area contributed by atoms with Crippen molar-refractivity contribution in [1.29, 1.82) is 0 Å². The highest BCUT2D eigenvalue weighted by Crippen LogP contribution is 2.22. The Kier molecular flexibility index (Phi) is 7.17. The van der Waals surface area contributed by atoms with Crippen LogP contribution < -0.4 is 10.6 Å². The number of benzene rings is 1. The molecule has 2 unspecified atom stereocenters. The van der Waals surface area contributed by atoms with Crippen molar-refractivity contribution in [3.8, 4) is 0 Å². The van der Waals surface area contributed by atoms with Gasteiger partial charge in [-0.1, -0.05) is 39.8 Å². The van der Waals surface area contributed by atoms with Crippen molar-refractivity contribution in [2.75, 3.05) is 6.61 Å². The monoisotopic (exact) mass is 348 g/mol. The Morgan fingerprint density at radius 1 is 1.12 bits per heavy atom. The van der Waals surface area contributed by atoms with Crippen LogP contribution in [0.2, 0.25) is 0 Å². The maximum atomic E-state index is 12.4. The third-order valence-electron chi connectivity index (χ3n) is 4.62. The molecule has 1 aromatic carbocycles. The minimum atomic E-state index is -0.653. The summed E-state index contributed by atoms with van der Waals surface area (Å²) in [4.78, 5) is 24.7. The lowest BCUT2D eigenvalue weighted by atomic mass is 9.86. The Morgan fingerprint density at radius 2 is 1.68 bits per heavy atom. The van der Waals surface area contributed by atoms with E-state index in [0.29, 0.717) is 18.4 Å². The molecule has 0 spiro atoms. The van der Waals surface area contributed by atoms with Crippen LogP contribution >= 0.6 is 0 Å². The van der Waals surface area contributed by atoms with E-state index in [0.717, 1.165) is 5.56 Å². The fourth-order valence-electron chi connectivity index (χ4n) is 2.45. The fourth-order valence-corrected chi connectivity index (χ4v) is 2.45. The highest BCUT2D eigenvalue weighted by atomic mass is 16.3. The third kappa shape index (κ3) is 6.16.